The zero-order chi connectivity index (χ0) is 14.1. The van der Waals surface area contributed by atoms with Crippen molar-refractivity contribution in [2.75, 3.05) is 31.2 Å². The SMILES string of the molecule is O=C1CC(N2CCOCC2)C(=O)N1c1ccc(I)cc1. The lowest BCUT2D eigenvalue weighted by atomic mass is 10.2. The van der Waals surface area contributed by atoms with E-state index in [4.69, 9.17) is 4.74 Å². The van der Waals surface area contributed by atoms with Crippen molar-refractivity contribution in [3.05, 3.63) is 27.8 Å². The van der Waals surface area contributed by atoms with Gasteiger partial charge in [0, 0.05) is 16.7 Å². The molecule has 3 rings (SSSR count). The van der Waals surface area contributed by atoms with Gasteiger partial charge in [0.1, 0.15) is 0 Å². The highest BCUT2D eigenvalue weighted by molar-refractivity contribution is 14.1. The van der Waals surface area contributed by atoms with E-state index in [0.29, 0.717) is 32.0 Å². The minimum atomic E-state index is -0.328. The number of carbonyl (C=O) groups excluding carboxylic acids is 2. The van der Waals surface area contributed by atoms with Crippen LogP contribution in [0.5, 0.6) is 0 Å². The molecule has 6 heteroatoms. The third-order valence-corrected chi connectivity index (χ3v) is 4.41. The lowest BCUT2D eigenvalue weighted by Crippen LogP contribution is -2.47. The van der Waals surface area contributed by atoms with E-state index in [9.17, 15) is 9.59 Å². The van der Waals surface area contributed by atoms with Gasteiger partial charge in [0.15, 0.2) is 0 Å². The highest BCUT2D eigenvalue weighted by Gasteiger charge is 2.42. The van der Waals surface area contributed by atoms with Crippen LogP contribution in [0.1, 0.15) is 6.42 Å². The Morgan fingerprint density at radius 2 is 1.75 bits per heavy atom. The van der Waals surface area contributed by atoms with E-state index in [2.05, 4.69) is 27.5 Å². The fourth-order valence-electron chi connectivity index (χ4n) is 2.65. The molecule has 1 unspecified atom stereocenters. The number of benzene rings is 1. The molecular weight excluding hydrogens is 371 g/mol. The Labute approximate surface area is 131 Å². The third-order valence-electron chi connectivity index (χ3n) is 3.69. The molecule has 2 amide bonds. The number of halogens is 1. The van der Waals surface area contributed by atoms with Crippen LogP contribution >= 0.6 is 22.6 Å². The standard InChI is InChI=1S/C14H15IN2O3/c15-10-1-3-11(4-2-10)17-13(18)9-12(14(17)19)16-5-7-20-8-6-16/h1-4,12H,5-9H2. The van der Waals surface area contributed by atoms with Crippen LogP contribution in [0.4, 0.5) is 5.69 Å². The molecule has 2 saturated heterocycles. The quantitative estimate of drug-likeness (QED) is 0.567. The topological polar surface area (TPSA) is 49.9 Å². The molecule has 0 aromatic heterocycles. The molecule has 20 heavy (non-hydrogen) atoms. The number of rotatable bonds is 2. The Bertz CT molecular complexity index is 526. The lowest BCUT2D eigenvalue weighted by molar-refractivity contribution is -0.123. The number of imide groups is 1. The zero-order valence-corrected chi connectivity index (χ0v) is 13.1. The summed E-state index contributed by atoms with van der Waals surface area (Å²) in [4.78, 5) is 28.1. The molecule has 1 atom stereocenters. The molecule has 0 saturated carbocycles. The molecule has 2 heterocycles. The summed E-state index contributed by atoms with van der Waals surface area (Å²) in [6, 6.07) is 7.11. The van der Waals surface area contributed by atoms with Crippen LogP contribution in [0.2, 0.25) is 0 Å². The van der Waals surface area contributed by atoms with Gasteiger partial charge in [-0.25, -0.2) is 4.90 Å². The van der Waals surface area contributed by atoms with Crippen molar-refractivity contribution in [1.82, 2.24) is 4.90 Å². The third kappa shape index (κ3) is 2.59. The van der Waals surface area contributed by atoms with Crippen LogP contribution in [0.3, 0.4) is 0 Å². The summed E-state index contributed by atoms with van der Waals surface area (Å²) in [5.41, 5.74) is 0.663. The molecule has 0 aliphatic carbocycles. The molecule has 0 spiro atoms. The fraction of sp³-hybridized carbons (Fsp3) is 0.429. The van der Waals surface area contributed by atoms with E-state index in [-0.39, 0.29) is 24.3 Å². The Kier molecular flexibility index (Phi) is 4.04. The van der Waals surface area contributed by atoms with E-state index < -0.39 is 0 Å². The molecular formula is C14H15IN2O3. The number of nitrogens with zero attached hydrogens (tertiary/aromatic N) is 2. The minimum absolute atomic E-state index is 0.113. The highest BCUT2D eigenvalue weighted by atomic mass is 127. The van der Waals surface area contributed by atoms with Gasteiger partial charge >= 0.3 is 0 Å². The minimum Gasteiger partial charge on any atom is -0.379 e. The highest BCUT2D eigenvalue weighted by Crippen LogP contribution is 2.26. The molecule has 0 N–H and O–H groups in total. The molecule has 2 aliphatic rings. The van der Waals surface area contributed by atoms with Crippen LogP contribution < -0.4 is 4.90 Å². The number of amides is 2. The number of carbonyl (C=O) groups is 2. The van der Waals surface area contributed by atoms with Gasteiger partial charge in [-0.15, -0.1) is 0 Å². The first-order valence-corrected chi connectivity index (χ1v) is 7.69. The van der Waals surface area contributed by atoms with E-state index >= 15 is 0 Å². The smallest absolute Gasteiger partial charge is 0.251 e. The van der Waals surface area contributed by atoms with Crippen LogP contribution in [0, 0.1) is 3.57 Å². The predicted molar refractivity (Wildman–Crippen MR) is 82.4 cm³/mol. The molecule has 106 valence electrons. The number of anilines is 1. The number of morpholine rings is 1. The molecule has 2 fully saturated rings. The first-order valence-electron chi connectivity index (χ1n) is 6.61. The van der Waals surface area contributed by atoms with E-state index in [1.165, 1.54) is 4.90 Å². The maximum atomic E-state index is 12.5. The van der Waals surface area contributed by atoms with Crippen molar-refractivity contribution < 1.29 is 14.3 Å². The van der Waals surface area contributed by atoms with Crippen molar-refractivity contribution in [3.8, 4) is 0 Å². The van der Waals surface area contributed by atoms with Crippen LogP contribution in [-0.2, 0) is 14.3 Å². The van der Waals surface area contributed by atoms with Gasteiger partial charge in [-0.2, -0.15) is 0 Å². The van der Waals surface area contributed by atoms with Crippen LogP contribution in [0.25, 0.3) is 0 Å². The van der Waals surface area contributed by atoms with Gasteiger partial charge in [0.25, 0.3) is 5.91 Å². The largest absolute Gasteiger partial charge is 0.379 e. The van der Waals surface area contributed by atoms with Crippen molar-refractivity contribution in [2.45, 2.75) is 12.5 Å². The Balaban J connectivity index is 1.81. The molecule has 1 aromatic rings. The second kappa shape index (κ2) is 5.79. The summed E-state index contributed by atoms with van der Waals surface area (Å²) >= 11 is 2.20. The van der Waals surface area contributed by atoms with E-state index in [0.717, 1.165) is 3.57 Å². The first kappa shape index (κ1) is 14.0. The normalized spacial score (nSPS) is 24.4. The van der Waals surface area contributed by atoms with Gasteiger partial charge < -0.3 is 4.74 Å². The number of hydrogen-bond donors (Lipinski definition) is 0. The maximum absolute atomic E-state index is 12.5. The predicted octanol–water partition coefficient (Wildman–Crippen LogP) is 1.26. The van der Waals surface area contributed by atoms with Gasteiger partial charge in [-0.1, -0.05) is 0 Å². The van der Waals surface area contributed by atoms with Gasteiger partial charge in [-0.3, -0.25) is 14.5 Å². The van der Waals surface area contributed by atoms with Gasteiger partial charge in [-0.05, 0) is 46.9 Å². The van der Waals surface area contributed by atoms with Gasteiger partial charge in [0.2, 0.25) is 5.91 Å². The lowest BCUT2D eigenvalue weighted by Gasteiger charge is -2.30. The van der Waals surface area contributed by atoms with Crippen LogP contribution in [0.15, 0.2) is 24.3 Å². The number of hydrogen-bond acceptors (Lipinski definition) is 4. The average Bonchev–Trinajstić information content (AvgIpc) is 2.76. The van der Waals surface area contributed by atoms with Crippen molar-refractivity contribution in [2.24, 2.45) is 0 Å². The summed E-state index contributed by atoms with van der Waals surface area (Å²) in [6.07, 6.45) is 0.269. The van der Waals surface area contributed by atoms with Gasteiger partial charge in [0.05, 0.1) is 31.4 Å². The summed E-state index contributed by atoms with van der Waals surface area (Å²) < 4.78 is 6.37. The Morgan fingerprint density at radius 1 is 1.10 bits per heavy atom. The number of ether oxygens (including phenoxy) is 1. The second-order valence-corrected chi connectivity index (χ2v) is 6.16. The fourth-order valence-corrected chi connectivity index (χ4v) is 3.01. The Hall–Kier alpha value is -0.990. The second-order valence-electron chi connectivity index (χ2n) is 4.91. The first-order chi connectivity index (χ1) is 9.66. The molecule has 1 aromatic carbocycles. The molecule has 2 aliphatic heterocycles. The average molecular weight is 386 g/mol. The maximum Gasteiger partial charge on any atom is 0.251 e. The molecule has 0 radical (unpaired) electrons. The van der Waals surface area contributed by atoms with E-state index in [1.807, 2.05) is 24.3 Å². The van der Waals surface area contributed by atoms with Crippen molar-refractivity contribution in [1.29, 1.82) is 0 Å². The zero-order valence-electron chi connectivity index (χ0n) is 10.9. The monoisotopic (exact) mass is 386 g/mol. The summed E-state index contributed by atoms with van der Waals surface area (Å²) in [5, 5.41) is 0. The summed E-state index contributed by atoms with van der Waals surface area (Å²) in [6.45, 7) is 2.68. The van der Waals surface area contributed by atoms with Crippen molar-refractivity contribution >= 4 is 40.1 Å². The van der Waals surface area contributed by atoms with Crippen molar-refractivity contribution in [3.63, 3.8) is 0 Å². The van der Waals surface area contributed by atoms with Crippen LogP contribution in [-0.4, -0.2) is 49.1 Å². The molecule has 5 nitrogen and oxygen atoms in total. The Morgan fingerprint density at radius 3 is 2.40 bits per heavy atom. The summed E-state index contributed by atoms with van der Waals surface area (Å²) in [7, 11) is 0. The molecule has 0 bridgehead atoms. The van der Waals surface area contributed by atoms with E-state index in [1.54, 1.807) is 0 Å². The summed E-state index contributed by atoms with van der Waals surface area (Å²) in [5.74, 6) is -0.231.